The summed E-state index contributed by atoms with van der Waals surface area (Å²) in [6.07, 6.45) is 4.05. The van der Waals surface area contributed by atoms with Crippen LogP contribution < -0.4 is 5.32 Å². The summed E-state index contributed by atoms with van der Waals surface area (Å²) in [5.41, 5.74) is 2.48. The Balaban J connectivity index is 1.87. The van der Waals surface area contributed by atoms with Gasteiger partial charge in [-0.3, -0.25) is 4.79 Å². The van der Waals surface area contributed by atoms with Gasteiger partial charge in [0.1, 0.15) is 11.1 Å². The number of carbonyl (C=O) groups excluding carboxylic acids is 1. The van der Waals surface area contributed by atoms with E-state index >= 15 is 0 Å². The van der Waals surface area contributed by atoms with Crippen LogP contribution in [0.25, 0.3) is 0 Å². The molecule has 2 aromatic rings. The van der Waals surface area contributed by atoms with Crippen LogP contribution in [0.1, 0.15) is 45.9 Å². The van der Waals surface area contributed by atoms with Gasteiger partial charge in [-0.15, -0.1) is 11.8 Å². The van der Waals surface area contributed by atoms with E-state index in [9.17, 15) is 10.1 Å². The van der Waals surface area contributed by atoms with Gasteiger partial charge >= 0.3 is 0 Å². The van der Waals surface area contributed by atoms with Crippen LogP contribution in [0.2, 0.25) is 5.02 Å². The van der Waals surface area contributed by atoms with Crippen molar-refractivity contribution in [2.45, 2.75) is 30.3 Å². The van der Waals surface area contributed by atoms with E-state index in [4.69, 9.17) is 11.6 Å². The lowest BCUT2D eigenvalue weighted by Gasteiger charge is -2.11. The monoisotopic (exact) mass is 357 g/mol. The highest BCUT2D eigenvalue weighted by atomic mass is 35.5. The molecule has 6 heteroatoms. The molecule has 0 saturated heterocycles. The topological polar surface area (TPSA) is 65.8 Å². The first kappa shape index (κ1) is 16.8. The Kier molecular flexibility index (Phi) is 5.08. The van der Waals surface area contributed by atoms with Crippen molar-refractivity contribution in [1.82, 2.24) is 10.3 Å². The maximum atomic E-state index is 12.6. The number of carbonyl (C=O) groups is 1. The van der Waals surface area contributed by atoms with Crippen LogP contribution in [0.5, 0.6) is 0 Å². The molecule has 1 aliphatic rings. The number of amides is 1. The number of rotatable bonds is 5. The fourth-order valence-corrected chi connectivity index (χ4v) is 3.24. The van der Waals surface area contributed by atoms with E-state index in [1.165, 1.54) is 11.8 Å². The molecule has 0 radical (unpaired) electrons. The largest absolute Gasteiger partial charge is 0.348 e. The lowest BCUT2D eigenvalue weighted by molar-refractivity contribution is 0.0950. The molecule has 122 valence electrons. The number of hydrogen-bond acceptors (Lipinski definition) is 4. The smallest absolute Gasteiger partial charge is 0.253 e. The van der Waals surface area contributed by atoms with Crippen LogP contribution in [0.4, 0.5) is 0 Å². The maximum absolute atomic E-state index is 12.6. The van der Waals surface area contributed by atoms with Gasteiger partial charge in [-0.05, 0) is 36.8 Å². The van der Waals surface area contributed by atoms with Crippen molar-refractivity contribution in [3.05, 3.63) is 57.7 Å². The minimum absolute atomic E-state index is 0.272. The highest BCUT2D eigenvalue weighted by Gasteiger charge is 2.28. The Morgan fingerprint density at radius 3 is 2.83 bits per heavy atom. The van der Waals surface area contributed by atoms with Gasteiger partial charge in [0.25, 0.3) is 5.91 Å². The molecule has 1 amide bonds. The maximum Gasteiger partial charge on any atom is 0.253 e. The van der Waals surface area contributed by atoms with E-state index in [0.29, 0.717) is 33.6 Å². The Morgan fingerprint density at radius 1 is 1.46 bits per heavy atom. The zero-order valence-corrected chi connectivity index (χ0v) is 14.7. The first-order chi connectivity index (χ1) is 11.6. The average Bonchev–Trinajstić information content (AvgIpc) is 3.44. The van der Waals surface area contributed by atoms with Crippen molar-refractivity contribution < 1.29 is 4.79 Å². The molecule has 0 bridgehead atoms. The molecule has 1 aromatic carbocycles. The predicted octanol–water partition coefficient (Wildman–Crippen LogP) is 4.14. The Bertz CT molecular complexity index is 827. The molecule has 1 aromatic heterocycles. The van der Waals surface area contributed by atoms with Gasteiger partial charge in [-0.1, -0.05) is 29.8 Å². The second-order valence-electron chi connectivity index (χ2n) is 5.64. The fraction of sp³-hybridized carbons (Fsp3) is 0.278. The van der Waals surface area contributed by atoms with Crippen molar-refractivity contribution in [3.63, 3.8) is 0 Å². The third kappa shape index (κ3) is 3.55. The van der Waals surface area contributed by atoms with E-state index in [1.807, 2.05) is 24.5 Å². The molecule has 4 nitrogen and oxygen atoms in total. The molecule has 1 N–H and O–H groups in total. The minimum Gasteiger partial charge on any atom is -0.348 e. The predicted molar refractivity (Wildman–Crippen MR) is 95.3 cm³/mol. The summed E-state index contributed by atoms with van der Waals surface area (Å²) in [4.78, 5) is 17.2. The minimum atomic E-state index is -0.272. The van der Waals surface area contributed by atoms with Crippen LogP contribution in [0.15, 0.2) is 35.4 Å². The highest BCUT2D eigenvalue weighted by Crippen LogP contribution is 2.40. The Labute approximate surface area is 150 Å². The van der Waals surface area contributed by atoms with Gasteiger partial charge in [0.15, 0.2) is 0 Å². The van der Waals surface area contributed by atoms with E-state index in [0.717, 1.165) is 24.1 Å². The van der Waals surface area contributed by atoms with Crippen molar-refractivity contribution in [3.8, 4) is 6.07 Å². The number of halogens is 1. The Morgan fingerprint density at radius 2 is 2.21 bits per heavy atom. The first-order valence-corrected chi connectivity index (χ1v) is 9.25. The highest BCUT2D eigenvalue weighted by molar-refractivity contribution is 7.98. The molecule has 1 aliphatic carbocycles. The summed E-state index contributed by atoms with van der Waals surface area (Å²) in [5.74, 6) is 0.143. The lowest BCUT2D eigenvalue weighted by atomic mass is 10.1. The van der Waals surface area contributed by atoms with Gasteiger partial charge in [0, 0.05) is 23.2 Å². The fourth-order valence-electron chi connectivity index (χ4n) is 2.48. The molecule has 1 fully saturated rings. The van der Waals surface area contributed by atoms with Gasteiger partial charge in [-0.25, -0.2) is 4.98 Å². The zero-order chi connectivity index (χ0) is 17.1. The number of hydrogen-bond donors (Lipinski definition) is 1. The summed E-state index contributed by atoms with van der Waals surface area (Å²) in [6.45, 7) is 0.319. The van der Waals surface area contributed by atoms with Gasteiger partial charge < -0.3 is 5.32 Å². The van der Waals surface area contributed by atoms with Gasteiger partial charge in [-0.2, -0.15) is 5.26 Å². The molecule has 1 saturated carbocycles. The first-order valence-electron chi connectivity index (χ1n) is 7.64. The SMILES string of the molecule is CSc1nc(C2CC2)cc(C(=O)NCc2ccccc2Cl)c1C#N. The standard InChI is InChI=1S/C18H16ClN3OS/c1-24-18-14(9-20)13(8-16(22-18)11-6-7-11)17(23)21-10-12-4-2-3-5-15(12)19/h2-5,8,11H,6-7,10H2,1H3,(H,21,23). The number of benzene rings is 1. The molecule has 24 heavy (non-hydrogen) atoms. The normalized spacial score (nSPS) is 13.4. The second-order valence-corrected chi connectivity index (χ2v) is 6.84. The van der Waals surface area contributed by atoms with E-state index in [1.54, 1.807) is 12.1 Å². The molecule has 0 spiro atoms. The van der Waals surface area contributed by atoms with Crippen LogP contribution in [0, 0.1) is 11.3 Å². The van der Waals surface area contributed by atoms with Gasteiger partial charge in [0.05, 0.1) is 11.1 Å². The summed E-state index contributed by atoms with van der Waals surface area (Å²) >= 11 is 7.51. The molecule has 0 unspecified atom stereocenters. The lowest BCUT2D eigenvalue weighted by Crippen LogP contribution is -2.24. The number of nitrogens with one attached hydrogen (secondary N) is 1. The molecular formula is C18H16ClN3OS. The summed E-state index contributed by atoms with van der Waals surface area (Å²) in [6, 6.07) is 11.2. The van der Waals surface area contributed by atoms with Crippen molar-refractivity contribution in [2.24, 2.45) is 0 Å². The van der Waals surface area contributed by atoms with Crippen LogP contribution in [-0.2, 0) is 6.54 Å². The van der Waals surface area contributed by atoms with E-state index < -0.39 is 0 Å². The summed E-state index contributed by atoms with van der Waals surface area (Å²) in [7, 11) is 0. The van der Waals surface area contributed by atoms with Gasteiger partial charge in [0.2, 0.25) is 0 Å². The zero-order valence-electron chi connectivity index (χ0n) is 13.2. The summed E-state index contributed by atoms with van der Waals surface area (Å²) < 4.78 is 0. The number of aromatic nitrogens is 1. The molecular weight excluding hydrogens is 342 g/mol. The molecule has 0 atom stereocenters. The number of nitrogens with zero attached hydrogens (tertiary/aromatic N) is 2. The third-order valence-electron chi connectivity index (χ3n) is 3.95. The van der Waals surface area contributed by atoms with E-state index in [2.05, 4.69) is 16.4 Å². The second kappa shape index (κ2) is 7.25. The van der Waals surface area contributed by atoms with E-state index in [-0.39, 0.29) is 5.91 Å². The summed E-state index contributed by atoms with van der Waals surface area (Å²) in [5, 5.41) is 13.5. The van der Waals surface area contributed by atoms with Crippen LogP contribution >= 0.6 is 23.4 Å². The Hall–Kier alpha value is -2.03. The number of thioether (sulfide) groups is 1. The average molecular weight is 358 g/mol. The quantitative estimate of drug-likeness (QED) is 0.817. The van der Waals surface area contributed by atoms with Crippen molar-refractivity contribution >= 4 is 29.3 Å². The van der Waals surface area contributed by atoms with Crippen molar-refractivity contribution in [1.29, 1.82) is 5.26 Å². The third-order valence-corrected chi connectivity index (χ3v) is 5.00. The molecule has 0 aliphatic heterocycles. The van der Waals surface area contributed by atoms with Crippen molar-refractivity contribution in [2.75, 3.05) is 6.26 Å². The number of pyridine rings is 1. The van der Waals surface area contributed by atoms with Crippen LogP contribution in [-0.4, -0.2) is 17.1 Å². The van der Waals surface area contributed by atoms with Crippen LogP contribution in [0.3, 0.4) is 0 Å². The molecule has 3 rings (SSSR count). The molecule has 1 heterocycles. The number of nitriles is 1.